The van der Waals surface area contributed by atoms with Gasteiger partial charge in [-0.2, -0.15) is 0 Å². The number of anilines is 1. The maximum absolute atomic E-state index is 5.72. The van der Waals surface area contributed by atoms with E-state index in [-0.39, 0.29) is 0 Å². The van der Waals surface area contributed by atoms with Crippen molar-refractivity contribution < 1.29 is 0 Å². The van der Waals surface area contributed by atoms with Crippen LogP contribution in [-0.4, -0.2) is 6.54 Å². The first kappa shape index (κ1) is 5.74. The number of hydrogen-bond donors (Lipinski definition) is 2. The van der Waals surface area contributed by atoms with Gasteiger partial charge in [0.1, 0.15) is 0 Å². The first-order chi connectivity index (χ1) is 4.88. The molecule has 2 nitrogen and oxygen atoms in total. The molecule has 2 heteroatoms. The zero-order chi connectivity index (χ0) is 6.97. The lowest BCUT2D eigenvalue weighted by molar-refractivity contribution is 1.08. The molecule has 1 saturated heterocycles. The fourth-order valence-corrected chi connectivity index (χ4v) is 1.11. The van der Waals surface area contributed by atoms with Crippen LogP contribution >= 0.6 is 0 Å². The van der Waals surface area contributed by atoms with Gasteiger partial charge in [0.05, 0.1) is 0 Å². The van der Waals surface area contributed by atoms with E-state index in [0.717, 1.165) is 12.2 Å². The molecule has 10 heavy (non-hydrogen) atoms. The second-order valence-corrected chi connectivity index (χ2v) is 2.59. The van der Waals surface area contributed by atoms with Gasteiger partial charge in [-0.25, -0.2) is 0 Å². The summed E-state index contributed by atoms with van der Waals surface area (Å²) in [5.74, 6) is 0. The number of rotatable bonds is 1. The first-order valence-electron chi connectivity index (χ1n) is 3.46. The van der Waals surface area contributed by atoms with E-state index in [1.807, 2.05) is 18.2 Å². The van der Waals surface area contributed by atoms with Gasteiger partial charge in [0.15, 0.2) is 0 Å². The monoisotopic (exact) mass is 134 g/mol. The third kappa shape index (κ3) is 0.866. The normalized spacial score (nSPS) is 22.6. The minimum Gasteiger partial charge on any atom is -0.398 e. The van der Waals surface area contributed by atoms with Crippen LogP contribution in [0.4, 0.5) is 5.69 Å². The van der Waals surface area contributed by atoms with Crippen LogP contribution in [0.15, 0.2) is 24.3 Å². The van der Waals surface area contributed by atoms with E-state index in [1.165, 1.54) is 5.56 Å². The zero-order valence-corrected chi connectivity index (χ0v) is 5.67. The van der Waals surface area contributed by atoms with Crippen molar-refractivity contribution in [3.8, 4) is 0 Å². The van der Waals surface area contributed by atoms with E-state index in [4.69, 9.17) is 5.73 Å². The van der Waals surface area contributed by atoms with E-state index >= 15 is 0 Å². The van der Waals surface area contributed by atoms with Gasteiger partial charge in [-0.3, -0.25) is 0 Å². The Labute approximate surface area is 60.0 Å². The predicted octanol–water partition coefficient (Wildman–Crippen LogP) is 0.913. The molecule has 1 aromatic carbocycles. The Morgan fingerprint density at radius 2 is 2.10 bits per heavy atom. The molecule has 1 aliphatic heterocycles. The van der Waals surface area contributed by atoms with Gasteiger partial charge in [0.25, 0.3) is 0 Å². The SMILES string of the molecule is Nc1ccccc1[C@H]1CN1. The average molecular weight is 134 g/mol. The molecule has 0 spiro atoms. The van der Waals surface area contributed by atoms with Crippen molar-refractivity contribution in [1.82, 2.24) is 5.32 Å². The molecule has 0 unspecified atom stereocenters. The number of nitrogens with two attached hydrogens (primary N) is 1. The Bertz CT molecular complexity index is 241. The largest absolute Gasteiger partial charge is 0.398 e. The quantitative estimate of drug-likeness (QED) is 0.443. The topological polar surface area (TPSA) is 48.0 Å². The second kappa shape index (κ2) is 1.99. The molecule has 52 valence electrons. The van der Waals surface area contributed by atoms with E-state index in [2.05, 4.69) is 11.4 Å². The highest BCUT2D eigenvalue weighted by Gasteiger charge is 2.23. The van der Waals surface area contributed by atoms with Crippen molar-refractivity contribution in [3.63, 3.8) is 0 Å². The average Bonchev–Trinajstić information content (AvgIpc) is 2.71. The summed E-state index contributed by atoms with van der Waals surface area (Å²) in [5, 5.41) is 3.21. The van der Waals surface area contributed by atoms with E-state index in [0.29, 0.717) is 6.04 Å². The Hall–Kier alpha value is -1.02. The van der Waals surface area contributed by atoms with Crippen LogP contribution in [0.1, 0.15) is 11.6 Å². The fraction of sp³-hybridized carbons (Fsp3) is 0.250. The molecule has 1 atom stereocenters. The molecule has 1 aliphatic rings. The molecule has 0 radical (unpaired) electrons. The van der Waals surface area contributed by atoms with Gasteiger partial charge >= 0.3 is 0 Å². The van der Waals surface area contributed by atoms with Crippen molar-refractivity contribution in [2.24, 2.45) is 0 Å². The highest BCUT2D eigenvalue weighted by atomic mass is 15.1. The van der Waals surface area contributed by atoms with Crippen molar-refractivity contribution in [1.29, 1.82) is 0 Å². The van der Waals surface area contributed by atoms with Crippen LogP contribution in [0.3, 0.4) is 0 Å². The van der Waals surface area contributed by atoms with Gasteiger partial charge in [0, 0.05) is 18.3 Å². The van der Waals surface area contributed by atoms with Gasteiger partial charge in [-0.1, -0.05) is 18.2 Å². The summed E-state index contributed by atoms with van der Waals surface area (Å²) in [6.07, 6.45) is 0. The predicted molar refractivity (Wildman–Crippen MR) is 41.6 cm³/mol. The molecule has 1 heterocycles. The number of para-hydroxylation sites is 1. The Morgan fingerprint density at radius 3 is 2.70 bits per heavy atom. The Balaban J connectivity index is 2.39. The fourth-order valence-electron chi connectivity index (χ4n) is 1.11. The molecule has 0 saturated carbocycles. The van der Waals surface area contributed by atoms with E-state index < -0.39 is 0 Å². The third-order valence-electron chi connectivity index (χ3n) is 1.78. The molecular weight excluding hydrogens is 124 g/mol. The second-order valence-electron chi connectivity index (χ2n) is 2.59. The maximum Gasteiger partial charge on any atom is 0.0468 e. The van der Waals surface area contributed by atoms with Crippen LogP contribution in [0.2, 0.25) is 0 Å². The number of hydrogen-bond acceptors (Lipinski definition) is 2. The van der Waals surface area contributed by atoms with Crippen LogP contribution in [-0.2, 0) is 0 Å². The molecular formula is C8H10N2. The van der Waals surface area contributed by atoms with Crippen molar-refractivity contribution in [2.45, 2.75) is 6.04 Å². The van der Waals surface area contributed by atoms with Crippen LogP contribution in [0, 0.1) is 0 Å². The molecule has 2 rings (SSSR count). The van der Waals surface area contributed by atoms with Gasteiger partial charge in [0.2, 0.25) is 0 Å². The van der Waals surface area contributed by atoms with Crippen molar-refractivity contribution in [2.75, 3.05) is 12.3 Å². The third-order valence-corrected chi connectivity index (χ3v) is 1.78. The Kier molecular flexibility index (Phi) is 1.14. The number of nitrogens with one attached hydrogen (secondary N) is 1. The summed E-state index contributed by atoms with van der Waals surface area (Å²) in [5.41, 5.74) is 7.86. The molecule has 1 fully saturated rings. The molecule has 0 bridgehead atoms. The lowest BCUT2D eigenvalue weighted by Gasteiger charge is -1.99. The lowest BCUT2D eigenvalue weighted by atomic mass is 10.1. The smallest absolute Gasteiger partial charge is 0.0468 e. The van der Waals surface area contributed by atoms with Gasteiger partial charge in [-0.05, 0) is 11.6 Å². The van der Waals surface area contributed by atoms with Crippen LogP contribution < -0.4 is 11.1 Å². The molecule has 0 amide bonds. The van der Waals surface area contributed by atoms with Crippen molar-refractivity contribution >= 4 is 5.69 Å². The summed E-state index contributed by atoms with van der Waals surface area (Å²) >= 11 is 0. The summed E-state index contributed by atoms with van der Waals surface area (Å²) < 4.78 is 0. The van der Waals surface area contributed by atoms with Gasteiger partial charge < -0.3 is 11.1 Å². The standard InChI is InChI=1S/C8H10N2/c9-7-4-2-1-3-6(7)8-5-10-8/h1-4,8,10H,5,9H2/t8-/m1/s1. The minimum atomic E-state index is 0.529. The van der Waals surface area contributed by atoms with Crippen LogP contribution in [0.5, 0.6) is 0 Å². The van der Waals surface area contributed by atoms with Crippen molar-refractivity contribution in [3.05, 3.63) is 29.8 Å². The molecule has 0 aliphatic carbocycles. The summed E-state index contributed by atoms with van der Waals surface area (Å²) in [4.78, 5) is 0. The van der Waals surface area contributed by atoms with Gasteiger partial charge in [-0.15, -0.1) is 0 Å². The first-order valence-corrected chi connectivity index (χ1v) is 3.46. The Morgan fingerprint density at radius 1 is 1.40 bits per heavy atom. The lowest BCUT2D eigenvalue weighted by Crippen LogP contribution is -1.92. The summed E-state index contributed by atoms with van der Waals surface area (Å²) in [7, 11) is 0. The summed E-state index contributed by atoms with van der Waals surface area (Å²) in [6, 6.07) is 8.52. The summed E-state index contributed by atoms with van der Waals surface area (Å²) in [6.45, 7) is 1.08. The zero-order valence-electron chi connectivity index (χ0n) is 5.67. The highest BCUT2D eigenvalue weighted by Crippen LogP contribution is 2.25. The minimum absolute atomic E-state index is 0.529. The number of nitrogen functional groups attached to an aromatic ring is 1. The molecule has 0 aromatic heterocycles. The molecule has 1 aromatic rings. The molecule has 3 N–H and O–H groups in total. The maximum atomic E-state index is 5.72. The van der Waals surface area contributed by atoms with E-state index in [9.17, 15) is 0 Å². The van der Waals surface area contributed by atoms with E-state index in [1.54, 1.807) is 0 Å². The number of benzene rings is 1. The highest BCUT2D eigenvalue weighted by molar-refractivity contribution is 5.49. The van der Waals surface area contributed by atoms with Crippen LogP contribution in [0.25, 0.3) is 0 Å².